The van der Waals surface area contributed by atoms with Crippen molar-refractivity contribution >= 4 is 21.9 Å². The van der Waals surface area contributed by atoms with E-state index in [-0.39, 0.29) is 11.7 Å². The number of halogens is 2. The molecular weight excluding hydrogens is 263 g/mol. The molecule has 0 saturated heterocycles. The Bertz CT molecular complexity index is 406. The Hall–Kier alpha value is -0.900. The van der Waals surface area contributed by atoms with Gasteiger partial charge in [0.15, 0.2) is 0 Å². The molecule has 0 spiro atoms. The van der Waals surface area contributed by atoms with Crippen molar-refractivity contribution in [3.05, 3.63) is 34.1 Å². The van der Waals surface area contributed by atoms with Crippen LogP contribution < -0.4 is 0 Å². The molecule has 0 amide bonds. The van der Waals surface area contributed by atoms with Crippen LogP contribution in [-0.2, 0) is 4.79 Å². The summed E-state index contributed by atoms with van der Waals surface area (Å²) in [6.07, 6.45) is 1.40. The topological polar surface area (TPSA) is 37.3 Å². The first-order valence-corrected chi connectivity index (χ1v) is 5.56. The largest absolute Gasteiger partial charge is 0.481 e. The van der Waals surface area contributed by atoms with E-state index in [4.69, 9.17) is 5.11 Å². The van der Waals surface area contributed by atoms with Crippen molar-refractivity contribution in [3.63, 3.8) is 0 Å². The van der Waals surface area contributed by atoms with E-state index in [0.717, 1.165) is 10.9 Å². The van der Waals surface area contributed by atoms with E-state index in [9.17, 15) is 9.18 Å². The number of benzene rings is 1. The lowest BCUT2D eigenvalue weighted by Crippen LogP contribution is -2.31. The highest BCUT2D eigenvalue weighted by Crippen LogP contribution is 2.44. The molecule has 15 heavy (non-hydrogen) atoms. The Morgan fingerprint density at radius 2 is 2.20 bits per heavy atom. The van der Waals surface area contributed by atoms with E-state index in [1.54, 1.807) is 12.1 Å². The Kier molecular flexibility index (Phi) is 2.78. The maximum atomic E-state index is 13.5. The predicted molar refractivity (Wildman–Crippen MR) is 57.2 cm³/mol. The van der Waals surface area contributed by atoms with Crippen LogP contribution in [-0.4, -0.2) is 11.1 Å². The molecule has 1 N–H and O–H groups in total. The summed E-state index contributed by atoms with van der Waals surface area (Å²) >= 11 is 3.26. The molecule has 1 aromatic carbocycles. The van der Waals surface area contributed by atoms with E-state index >= 15 is 0 Å². The Morgan fingerprint density at radius 3 is 2.73 bits per heavy atom. The average molecular weight is 273 g/mol. The number of hydrogen-bond donors (Lipinski definition) is 1. The van der Waals surface area contributed by atoms with Gasteiger partial charge in [0.2, 0.25) is 0 Å². The molecule has 0 heterocycles. The molecule has 0 aliphatic heterocycles. The molecular formula is C11H10BrFO2. The number of carboxylic acid groups (broad SMARTS) is 1. The molecule has 1 aromatic rings. The van der Waals surface area contributed by atoms with Gasteiger partial charge in [0.05, 0.1) is 5.92 Å². The average Bonchev–Trinajstić information content (AvgIpc) is 2.08. The standard InChI is InChI=1S/C11H10BrFO2/c12-6-1-4-10(13)9(5-6)7-2-3-8(7)11(14)15/h1,4-5,7-8H,2-3H2,(H,14,15). The molecule has 1 aliphatic rings. The summed E-state index contributed by atoms with van der Waals surface area (Å²) in [4.78, 5) is 10.8. The van der Waals surface area contributed by atoms with Crippen molar-refractivity contribution in [1.82, 2.24) is 0 Å². The lowest BCUT2D eigenvalue weighted by molar-refractivity contribution is -0.145. The summed E-state index contributed by atoms with van der Waals surface area (Å²) in [5.41, 5.74) is 0.517. The summed E-state index contributed by atoms with van der Waals surface area (Å²) in [6.45, 7) is 0. The maximum Gasteiger partial charge on any atom is 0.307 e. The van der Waals surface area contributed by atoms with E-state index in [0.29, 0.717) is 12.0 Å². The highest BCUT2D eigenvalue weighted by Gasteiger charge is 2.38. The van der Waals surface area contributed by atoms with Gasteiger partial charge in [-0.1, -0.05) is 15.9 Å². The van der Waals surface area contributed by atoms with Crippen LogP contribution in [0.15, 0.2) is 22.7 Å². The zero-order valence-electron chi connectivity index (χ0n) is 7.91. The van der Waals surface area contributed by atoms with Gasteiger partial charge in [-0.05, 0) is 36.6 Å². The molecule has 0 bridgehead atoms. The Balaban J connectivity index is 2.30. The van der Waals surface area contributed by atoms with Crippen molar-refractivity contribution in [1.29, 1.82) is 0 Å². The van der Waals surface area contributed by atoms with Gasteiger partial charge in [0.1, 0.15) is 5.82 Å². The van der Waals surface area contributed by atoms with Crippen LogP contribution in [0.1, 0.15) is 24.3 Å². The van der Waals surface area contributed by atoms with Crippen molar-refractivity contribution in [2.45, 2.75) is 18.8 Å². The molecule has 0 aromatic heterocycles. The summed E-state index contributed by atoms with van der Waals surface area (Å²) < 4.78 is 14.3. The van der Waals surface area contributed by atoms with Crippen molar-refractivity contribution in [2.75, 3.05) is 0 Å². The minimum atomic E-state index is -0.828. The number of carbonyl (C=O) groups is 1. The Morgan fingerprint density at radius 1 is 1.47 bits per heavy atom. The van der Waals surface area contributed by atoms with Gasteiger partial charge in [-0.2, -0.15) is 0 Å². The van der Waals surface area contributed by atoms with Crippen LogP contribution in [0.5, 0.6) is 0 Å². The minimum Gasteiger partial charge on any atom is -0.481 e. The van der Waals surface area contributed by atoms with Crippen LogP contribution in [0.3, 0.4) is 0 Å². The smallest absolute Gasteiger partial charge is 0.307 e. The first-order valence-electron chi connectivity index (χ1n) is 4.77. The predicted octanol–water partition coefficient (Wildman–Crippen LogP) is 3.17. The third-order valence-electron chi connectivity index (χ3n) is 2.95. The zero-order valence-corrected chi connectivity index (χ0v) is 9.50. The van der Waals surface area contributed by atoms with Crippen LogP contribution in [0.4, 0.5) is 4.39 Å². The van der Waals surface area contributed by atoms with Crippen molar-refractivity contribution < 1.29 is 14.3 Å². The minimum absolute atomic E-state index is 0.167. The third kappa shape index (κ3) is 1.91. The highest BCUT2D eigenvalue weighted by atomic mass is 79.9. The van der Waals surface area contributed by atoms with E-state index in [1.165, 1.54) is 6.07 Å². The molecule has 2 nitrogen and oxygen atoms in total. The number of hydrogen-bond acceptors (Lipinski definition) is 1. The first kappa shape index (κ1) is 10.6. The van der Waals surface area contributed by atoms with Gasteiger partial charge in [-0.3, -0.25) is 4.79 Å². The highest BCUT2D eigenvalue weighted by molar-refractivity contribution is 9.10. The van der Waals surface area contributed by atoms with Crippen LogP contribution in [0, 0.1) is 11.7 Å². The number of carboxylic acids is 1. The third-order valence-corrected chi connectivity index (χ3v) is 3.44. The quantitative estimate of drug-likeness (QED) is 0.898. The molecule has 2 atom stereocenters. The molecule has 4 heteroatoms. The second kappa shape index (κ2) is 3.93. The molecule has 1 aliphatic carbocycles. The molecule has 1 saturated carbocycles. The van der Waals surface area contributed by atoms with Crippen molar-refractivity contribution in [2.24, 2.45) is 5.92 Å². The summed E-state index contributed by atoms with van der Waals surface area (Å²) in [5, 5.41) is 8.89. The van der Waals surface area contributed by atoms with Gasteiger partial charge in [-0.25, -0.2) is 4.39 Å². The maximum absolute atomic E-state index is 13.5. The van der Waals surface area contributed by atoms with Gasteiger partial charge < -0.3 is 5.11 Å². The van der Waals surface area contributed by atoms with E-state index < -0.39 is 11.9 Å². The monoisotopic (exact) mass is 272 g/mol. The lowest BCUT2D eigenvalue weighted by Gasteiger charge is -2.33. The van der Waals surface area contributed by atoms with E-state index in [2.05, 4.69) is 15.9 Å². The second-order valence-corrected chi connectivity index (χ2v) is 4.71. The normalized spacial score (nSPS) is 24.7. The number of rotatable bonds is 2. The lowest BCUT2D eigenvalue weighted by atomic mass is 9.70. The fraction of sp³-hybridized carbons (Fsp3) is 0.364. The fourth-order valence-electron chi connectivity index (χ4n) is 1.97. The van der Waals surface area contributed by atoms with Crippen molar-refractivity contribution in [3.8, 4) is 0 Å². The molecule has 0 radical (unpaired) electrons. The van der Waals surface area contributed by atoms with Gasteiger partial charge in [-0.15, -0.1) is 0 Å². The Labute approximate surface area is 95.2 Å². The summed E-state index contributed by atoms with van der Waals surface area (Å²) in [6, 6.07) is 4.67. The van der Waals surface area contributed by atoms with Crippen LogP contribution in [0.2, 0.25) is 0 Å². The molecule has 80 valence electrons. The fourth-order valence-corrected chi connectivity index (χ4v) is 2.35. The summed E-state index contributed by atoms with van der Waals surface area (Å²) in [7, 11) is 0. The van der Waals surface area contributed by atoms with Gasteiger partial charge in [0.25, 0.3) is 0 Å². The summed E-state index contributed by atoms with van der Waals surface area (Å²) in [5.74, 6) is -1.73. The molecule has 2 rings (SSSR count). The van der Waals surface area contributed by atoms with Gasteiger partial charge in [0, 0.05) is 10.4 Å². The van der Waals surface area contributed by atoms with Gasteiger partial charge >= 0.3 is 5.97 Å². The zero-order chi connectivity index (χ0) is 11.0. The first-order chi connectivity index (χ1) is 7.09. The van der Waals surface area contributed by atoms with E-state index in [1.807, 2.05) is 0 Å². The van der Waals surface area contributed by atoms with Crippen LogP contribution in [0.25, 0.3) is 0 Å². The number of aliphatic carboxylic acids is 1. The second-order valence-electron chi connectivity index (χ2n) is 3.79. The molecule has 2 unspecified atom stereocenters. The SMILES string of the molecule is O=C(O)C1CCC1c1cc(Br)ccc1F. The van der Waals surface area contributed by atoms with Crippen LogP contribution >= 0.6 is 15.9 Å². The molecule has 1 fully saturated rings.